The molecule has 0 atom stereocenters. The Balaban J connectivity index is 1.81. The lowest BCUT2D eigenvalue weighted by atomic mass is 10.1. The number of aromatic nitrogens is 2. The minimum Gasteiger partial charge on any atom is -0.399 e. The van der Waals surface area contributed by atoms with Crippen molar-refractivity contribution in [1.82, 2.24) is 9.55 Å². The lowest BCUT2D eigenvalue weighted by Gasteiger charge is -2.08. The average molecular weight is 308 g/mol. The maximum Gasteiger partial charge on any atom is 0.269 e. The van der Waals surface area contributed by atoms with E-state index in [2.05, 4.69) is 4.98 Å². The molecule has 23 heavy (non-hydrogen) atoms. The van der Waals surface area contributed by atoms with E-state index in [1.54, 1.807) is 18.3 Å². The summed E-state index contributed by atoms with van der Waals surface area (Å²) in [7, 11) is 0. The van der Waals surface area contributed by atoms with Gasteiger partial charge < -0.3 is 10.3 Å². The number of nitro groups is 1. The summed E-state index contributed by atoms with van der Waals surface area (Å²) in [5.41, 5.74) is 8.57. The zero-order valence-corrected chi connectivity index (χ0v) is 12.4. The summed E-state index contributed by atoms with van der Waals surface area (Å²) in [4.78, 5) is 14.9. The quantitative estimate of drug-likeness (QED) is 0.446. The minimum absolute atomic E-state index is 0.0972. The first kappa shape index (κ1) is 14.8. The van der Waals surface area contributed by atoms with Crippen molar-refractivity contribution >= 4 is 11.4 Å². The van der Waals surface area contributed by atoms with Crippen molar-refractivity contribution in [2.24, 2.45) is 0 Å². The third-order valence-electron chi connectivity index (χ3n) is 3.59. The molecule has 0 aliphatic carbocycles. The Morgan fingerprint density at radius 1 is 1.13 bits per heavy atom. The number of hydrogen-bond acceptors (Lipinski definition) is 4. The molecule has 116 valence electrons. The van der Waals surface area contributed by atoms with E-state index in [0.29, 0.717) is 13.0 Å². The Kier molecular flexibility index (Phi) is 4.05. The molecule has 0 bridgehead atoms. The number of nitrogens with two attached hydrogens (primary N) is 1. The normalized spacial score (nSPS) is 10.6. The van der Waals surface area contributed by atoms with Crippen molar-refractivity contribution in [2.75, 3.05) is 5.73 Å². The van der Waals surface area contributed by atoms with Gasteiger partial charge in [0.25, 0.3) is 5.69 Å². The first-order chi connectivity index (χ1) is 11.1. The Morgan fingerprint density at radius 2 is 1.91 bits per heavy atom. The topological polar surface area (TPSA) is 87.0 Å². The number of anilines is 1. The lowest BCUT2D eigenvalue weighted by molar-refractivity contribution is -0.384. The van der Waals surface area contributed by atoms with Crippen molar-refractivity contribution in [3.8, 4) is 0 Å². The molecule has 2 aromatic carbocycles. The third-order valence-corrected chi connectivity index (χ3v) is 3.59. The van der Waals surface area contributed by atoms with Crippen molar-refractivity contribution in [3.05, 3.63) is 88.0 Å². The van der Waals surface area contributed by atoms with E-state index in [4.69, 9.17) is 5.73 Å². The monoisotopic (exact) mass is 308 g/mol. The predicted molar refractivity (Wildman–Crippen MR) is 88.1 cm³/mol. The SMILES string of the molecule is Nc1cccc(Cc2nccn2Cc2cccc([N+](=O)[O-])c2)c1. The molecule has 0 amide bonds. The van der Waals surface area contributed by atoms with Crippen LogP contribution in [0.5, 0.6) is 0 Å². The maximum absolute atomic E-state index is 10.9. The summed E-state index contributed by atoms with van der Waals surface area (Å²) in [6.45, 7) is 0.541. The Morgan fingerprint density at radius 3 is 2.70 bits per heavy atom. The minimum atomic E-state index is -0.384. The van der Waals surface area contributed by atoms with Gasteiger partial charge in [0.1, 0.15) is 5.82 Å². The van der Waals surface area contributed by atoms with Crippen LogP contribution in [0.1, 0.15) is 17.0 Å². The number of hydrogen-bond donors (Lipinski definition) is 1. The van der Waals surface area contributed by atoms with Crippen LogP contribution in [-0.4, -0.2) is 14.5 Å². The second-order valence-corrected chi connectivity index (χ2v) is 5.32. The van der Waals surface area contributed by atoms with Crippen LogP contribution in [0.3, 0.4) is 0 Å². The molecule has 0 aliphatic rings. The van der Waals surface area contributed by atoms with Gasteiger partial charge in [-0.2, -0.15) is 0 Å². The van der Waals surface area contributed by atoms with Crippen LogP contribution in [0, 0.1) is 10.1 Å². The fraction of sp³-hybridized carbons (Fsp3) is 0.118. The highest BCUT2D eigenvalue weighted by molar-refractivity contribution is 5.41. The Bertz CT molecular complexity index is 842. The number of nitrogens with zero attached hydrogens (tertiary/aromatic N) is 3. The molecule has 0 saturated carbocycles. The first-order valence-electron chi connectivity index (χ1n) is 7.19. The molecule has 0 unspecified atom stereocenters. The van der Waals surface area contributed by atoms with Crippen molar-refractivity contribution < 1.29 is 4.92 Å². The van der Waals surface area contributed by atoms with Gasteiger partial charge in [0.05, 0.1) is 4.92 Å². The van der Waals surface area contributed by atoms with Crippen LogP contribution in [0.25, 0.3) is 0 Å². The molecule has 6 nitrogen and oxygen atoms in total. The Labute approximate surface area is 133 Å². The largest absolute Gasteiger partial charge is 0.399 e. The van der Waals surface area contributed by atoms with Crippen LogP contribution in [0.2, 0.25) is 0 Å². The van der Waals surface area contributed by atoms with Crippen LogP contribution in [0.15, 0.2) is 60.9 Å². The molecule has 0 aliphatic heterocycles. The van der Waals surface area contributed by atoms with Crippen molar-refractivity contribution in [2.45, 2.75) is 13.0 Å². The van der Waals surface area contributed by atoms with Gasteiger partial charge in [-0.05, 0) is 23.3 Å². The van der Waals surface area contributed by atoms with E-state index in [1.807, 2.05) is 41.1 Å². The van der Waals surface area contributed by atoms with E-state index in [9.17, 15) is 10.1 Å². The van der Waals surface area contributed by atoms with E-state index in [1.165, 1.54) is 6.07 Å². The number of benzene rings is 2. The molecule has 0 fully saturated rings. The zero-order valence-electron chi connectivity index (χ0n) is 12.4. The molecule has 1 aromatic heterocycles. The van der Waals surface area contributed by atoms with Crippen molar-refractivity contribution in [3.63, 3.8) is 0 Å². The summed E-state index contributed by atoms with van der Waals surface area (Å²) >= 11 is 0. The molecule has 3 rings (SSSR count). The smallest absolute Gasteiger partial charge is 0.269 e. The van der Waals surface area contributed by atoms with E-state index >= 15 is 0 Å². The van der Waals surface area contributed by atoms with Gasteiger partial charge in [0.2, 0.25) is 0 Å². The van der Waals surface area contributed by atoms with Gasteiger partial charge in [-0.25, -0.2) is 4.98 Å². The van der Waals surface area contributed by atoms with E-state index in [-0.39, 0.29) is 10.6 Å². The number of nitro benzene ring substituents is 1. The molecule has 3 aromatic rings. The van der Waals surface area contributed by atoms with E-state index in [0.717, 1.165) is 22.6 Å². The van der Waals surface area contributed by atoms with Gasteiger partial charge >= 0.3 is 0 Å². The van der Waals surface area contributed by atoms with Crippen LogP contribution >= 0.6 is 0 Å². The lowest BCUT2D eigenvalue weighted by Crippen LogP contribution is -2.05. The molecule has 2 N–H and O–H groups in total. The number of nitrogen functional groups attached to an aromatic ring is 1. The van der Waals surface area contributed by atoms with Gasteiger partial charge in [0, 0.05) is 43.2 Å². The molecular weight excluding hydrogens is 292 g/mol. The highest BCUT2D eigenvalue weighted by Gasteiger charge is 2.09. The first-order valence-corrected chi connectivity index (χ1v) is 7.19. The fourth-order valence-corrected chi connectivity index (χ4v) is 2.50. The standard InChI is InChI=1S/C17H16N4O2/c18-15-5-1-3-13(9-15)11-17-19-7-8-20(17)12-14-4-2-6-16(10-14)21(22)23/h1-10H,11-12,18H2. The number of non-ortho nitro benzene ring substituents is 1. The van der Waals surface area contributed by atoms with Crippen molar-refractivity contribution in [1.29, 1.82) is 0 Å². The summed E-state index contributed by atoms with van der Waals surface area (Å²) in [6, 6.07) is 14.3. The zero-order chi connectivity index (χ0) is 16.2. The fourth-order valence-electron chi connectivity index (χ4n) is 2.50. The summed E-state index contributed by atoms with van der Waals surface area (Å²) in [5, 5.41) is 10.9. The van der Waals surface area contributed by atoms with Crippen LogP contribution < -0.4 is 5.73 Å². The molecular formula is C17H16N4O2. The third kappa shape index (κ3) is 3.55. The molecule has 6 heteroatoms. The predicted octanol–water partition coefficient (Wildman–Crippen LogP) is 3.01. The number of rotatable bonds is 5. The summed E-state index contributed by atoms with van der Waals surface area (Å²) in [5.74, 6) is 0.891. The highest BCUT2D eigenvalue weighted by atomic mass is 16.6. The van der Waals surface area contributed by atoms with E-state index < -0.39 is 0 Å². The molecule has 0 radical (unpaired) electrons. The molecule has 0 spiro atoms. The second-order valence-electron chi connectivity index (χ2n) is 5.32. The second kappa shape index (κ2) is 6.31. The van der Waals surface area contributed by atoms with Gasteiger partial charge in [0.15, 0.2) is 0 Å². The molecule has 1 heterocycles. The van der Waals surface area contributed by atoms with Gasteiger partial charge in [-0.3, -0.25) is 10.1 Å². The average Bonchev–Trinajstić information content (AvgIpc) is 2.94. The summed E-state index contributed by atoms with van der Waals surface area (Å²) in [6.07, 6.45) is 4.27. The van der Waals surface area contributed by atoms with Gasteiger partial charge in [-0.1, -0.05) is 24.3 Å². The highest BCUT2D eigenvalue weighted by Crippen LogP contribution is 2.16. The van der Waals surface area contributed by atoms with Crippen LogP contribution in [-0.2, 0) is 13.0 Å². The number of imidazole rings is 1. The summed E-state index contributed by atoms with van der Waals surface area (Å²) < 4.78 is 1.99. The van der Waals surface area contributed by atoms with Gasteiger partial charge in [-0.15, -0.1) is 0 Å². The molecule has 0 saturated heterocycles. The Hall–Kier alpha value is -3.15. The van der Waals surface area contributed by atoms with Crippen LogP contribution in [0.4, 0.5) is 11.4 Å². The maximum atomic E-state index is 10.9.